The van der Waals surface area contributed by atoms with Crippen molar-refractivity contribution in [3.05, 3.63) is 65.9 Å². The molecule has 2 heterocycles. The minimum Gasteiger partial charge on any atom is -0.360 e. The van der Waals surface area contributed by atoms with Crippen molar-refractivity contribution in [1.29, 1.82) is 0 Å². The molecule has 0 bridgehead atoms. The van der Waals surface area contributed by atoms with Gasteiger partial charge in [-0.3, -0.25) is 9.52 Å². The minimum atomic E-state index is -3.82. The number of nitrogens with zero attached hydrogens (tertiary/aromatic N) is 5. The summed E-state index contributed by atoms with van der Waals surface area (Å²) in [5, 5.41) is 18.3. The number of para-hydroxylation sites is 1. The highest BCUT2D eigenvalue weighted by atomic mass is 32.2. The van der Waals surface area contributed by atoms with Crippen LogP contribution in [0.4, 0.5) is 11.5 Å². The summed E-state index contributed by atoms with van der Waals surface area (Å²) in [5.41, 5.74) is 1.66. The molecule has 11 nitrogen and oxygen atoms in total. The van der Waals surface area contributed by atoms with Crippen molar-refractivity contribution in [1.82, 2.24) is 25.4 Å². The minimum absolute atomic E-state index is 0.134. The van der Waals surface area contributed by atoms with Crippen LogP contribution in [0.5, 0.6) is 0 Å². The molecule has 164 valence electrons. The fourth-order valence-corrected chi connectivity index (χ4v) is 3.92. The van der Waals surface area contributed by atoms with Crippen LogP contribution in [0.1, 0.15) is 11.3 Å². The highest BCUT2D eigenvalue weighted by molar-refractivity contribution is 7.92. The van der Waals surface area contributed by atoms with E-state index >= 15 is 0 Å². The van der Waals surface area contributed by atoms with E-state index in [9.17, 15) is 13.2 Å². The summed E-state index contributed by atoms with van der Waals surface area (Å²) in [5.74, 6) is 0.586. The molecule has 0 saturated carbocycles. The topological polar surface area (TPSA) is 145 Å². The zero-order valence-electron chi connectivity index (χ0n) is 17.2. The number of hydrogen-bond donors (Lipinski definition) is 2. The maximum Gasteiger partial charge on any atom is 0.261 e. The van der Waals surface area contributed by atoms with Crippen LogP contribution in [0.25, 0.3) is 11.4 Å². The molecule has 2 N–H and O–H groups in total. The lowest BCUT2D eigenvalue weighted by Crippen LogP contribution is -2.20. The van der Waals surface area contributed by atoms with E-state index in [0.717, 1.165) is 10.4 Å². The van der Waals surface area contributed by atoms with E-state index in [-0.39, 0.29) is 28.8 Å². The number of amides is 1. The summed E-state index contributed by atoms with van der Waals surface area (Å²) in [6.07, 6.45) is 0. The van der Waals surface area contributed by atoms with Gasteiger partial charge in [-0.05, 0) is 43.3 Å². The Morgan fingerprint density at radius 2 is 1.84 bits per heavy atom. The lowest BCUT2D eigenvalue weighted by Gasteiger charge is -2.11. The van der Waals surface area contributed by atoms with Gasteiger partial charge in [-0.25, -0.2) is 8.42 Å². The number of anilines is 2. The number of rotatable bonds is 7. The third-order valence-corrected chi connectivity index (χ3v) is 5.76. The van der Waals surface area contributed by atoms with Crippen LogP contribution < -0.4 is 10.0 Å². The fraction of sp³-hybridized carbons (Fsp3) is 0.150. The predicted octanol–water partition coefficient (Wildman–Crippen LogP) is 2.38. The average Bonchev–Trinajstić information content (AvgIpc) is 3.37. The van der Waals surface area contributed by atoms with Gasteiger partial charge in [0.05, 0.1) is 10.6 Å². The molecule has 2 aromatic carbocycles. The van der Waals surface area contributed by atoms with Gasteiger partial charge in [-0.2, -0.15) is 4.80 Å². The van der Waals surface area contributed by atoms with Crippen molar-refractivity contribution >= 4 is 27.4 Å². The van der Waals surface area contributed by atoms with Gasteiger partial charge in [0.15, 0.2) is 5.82 Å². The van der Waals surface area contributed by atoms with Crippen molar-refractivity contribution in [2.24, 2.45) is 0 Å². The van der Waals surface area contributed by atoms with Gasteiger partial charge in [0.25, 0.3) is 10.0 Å². The summed E-state index contributed by atoms with van der Waals surface area (Å²) >= 11 is 0. The van der Waals surface area contributed by atoms with Gasteiger partial charge in [0.2, 0.25) is 11.7 Å². The van der Waals surface area contributed by atoms with E-state index < -0.39 is 15.9 Å². The largest absolute Gasteiger partial charge is 0.360 e. The van der Waals surface area contributed by atoms with Crippen LogP contribution in [0, 0.1) is 13.8 Å². The molecular formula is C20H19N7O4S. The Hall–Kier alpha value is -4.06. The summed E-state index contributed by atoms with van der Waals surface area (Å²) < 4.78 is 33.0. The van der Waals surface area contributed by atoms with Gasteiger partial charge in [-0.15, -0.1) is 10.2 Å². The van der Waals surface area contributed by atoms with Gasteiger partial charge < -0.3 is 9.84 Å². The first-order chi connectivity index (χ1) is 15.3. The fourth-order valence-electron chi connectivity index (χ4n) is 2.84. The molecule has 32 heavy (non-hydrogen) atoms. The maximum atomic E-state index is 12.8. The van der Waals surface area contributed by atoms with Crippen LogP contribution in [-0.2, 0) is 21.4 Å². The summed E-state index contributed by atoms with van der Waals surface area (Å²) in [6, 6.07) is 14.8. The number of carbonyl (C=O) groups is 1. The maximum absolute atomic E-state index is 12.8. The molecule has 0 aliphatic rings. The number of nitrogens with one attached hydrogen (secondary N) is 2. The van der Waals surface area contributed by atoms with E-state index in [1.165, 1.54) is 12.1 Å². The number of hydrogen-bond acceptors (Lipinski definition) is 8. The van der Waals surface area contributed by atoms with Crippen molar-refractivity contribution in [2.45, 2.75) is 25.3 Å². The third-order valence-electron chi connectivity index (χ3n) is 4.38. The molecule has 0 aliphatic heterocycles. The van der Waals surface area contributed by atoms with Crippen molar-refractivity contribution in [3.8, 4) is 11.4 Å². The second-order valence-corrected chi connectivity index (χ2v) is 8.66. The van der Waals surface area contributed by atoms with E-state index in [1.54, 1.807) is 49.4 Å². The Labute approximate surface area is 183 Å². The van der Waals surface area contributed by atoms with E-state index in [0.29, 0.717) is 11.3 Å². The first-order valence-electron chi connectivity index (χ1n) is 9.50. The Bertz CT molecular complexity index is 1360. The highest BCUT2D eigenvalue weighted by Crippen LogP contribution is 2.27. The first-order valence-corrected chi connectivity index (χ1v) is 11.0. The van der Waals surface area contributed by atoms with Crippen molar-refractivity contribution < 1.29 is 17.7 Å². The van der Waals surface area contributed by atoms with Gasteiger partial charge in [0, 0.05) is 11.6 Å². The van der Waals surface area contributed by atoms with Crippen LogP contribution in [-0.4, -0.2) is 39.7 Å². The summed E-state index contributed by atoms with van der Waals surface area (Å²) in [6.45, 7) is 3.37. The lowest BCUT2D eigenvalue weighted by atomic mass is 10.2. The number of aromatic nitrogens is 5. The second-order valence-electron chi connectivity index (χ2n) is 6.98. The smallest absolute Gasteiger partial charge is 0.261 e. The number of aryl methyl sites for hydroxylation is 2. The molecule has 0 radical (unpaired) electrons. The molecule has 0 atom stereocenters. The molecule has 0 aliphatic carbocycles. The Morgan fingerprint density at radius 1 is 1.09 bits per heavy atom. The van der Waals surface area contributed by atoms with Crippen LogP contribution in [0.2, 0.25) is 0 Å². The van der Waals surface area contributed by atoms with Crippen molar-refractivity contribution in [3.63, 3.8) is 0 Å². The Balaban J connectivity index is 1.52. The normalized spacial score (nSPS) is 11.3. The zero-order chi connectivity index (χ0) is 22.7. The molecule has 2 aromatic heterocycles. The number of tetrazole rings is 1. The standard InChI is InChI=1S/C20H19N7O4S/c1-13-7-9-15(10-8-13)32(29,30)25-17-6-4-3-5-16(17)20-22-26-27(23-20)12-19(28)21-18-11-14(2)31-24-18/h3-11,25H,12H2,1-2H3,(H,21,24,28). The predicted molar refractivity (Wildman–Crippen MR) is 115 cm³/mol. The molecule has 1 amide bonds. The number of sulfonamides is 1. The van der Waals surface area contributed by atoms with Gasteiger partial charge >= 0.3 is 0 Å². The van der Waals surface area contributed by atoms with Gasteiger partial charge in [-0.1, -0.05) is 35.0 Å². The molecule has 4 aromatic rings. The van der Waals surface area contributed by atoms with Crippen molar-refractivity contribution in [2.75, 3.05) is 10.0 Å². The first kappa shape index (κ1) is 21.2. The monoisotopic (exact) mass is 453 g/mol. The zero-order valence-corrected chi connectivity index (χ0v) is 18.0. The number of benzene rings is 2. The molecule has 0 saturated heterocycles. The second kappa shape index (κ2) is 8.59. The molecule has 0 spiro atoms. The van der Waals surface area contributed by atoms with E-state index in [4.69, 9.17) is 4.52 Å². The van der Waals surface area contributed by atoms with Crippen LogP contribution in [0.15, 0.2) is 64.0 Å². The molecular weight excluding hydrogens is 434 g/mol. The molecule has 4 rings (SSSR count). The van der Waals surface area contributed by atoms with Crippen LogP contribution in [0.3, 0.4) is 0 Å². The highest BCUT2D eigenvalue weighted by Gasteiger charge is 2.19. The van der Waals surface area contributed by atoms with Crippen LogP contribution >= 0.6 is 0 Å². The Kier molecular flexibility index (Phi) is 5.69. The molecule has 0 fully saturated rings. The molecule has 0 unspecified atom stereocenters. The van der Waals surface area contributed by atoms with E-state index in [2.05, 4.69) is 30.6 Å². The summed E-state index contributed by atoms with van der Waals surface area (Å²) in [4.78, 5) is 13.4. The molecule has 12 heteroatoms. The quantitative estimate of drug-likeness (QED) is 0.434. The van der Waals surface area contributed by atoms with Gasteiger partial charge in [0.1, 0.15) is 12.3 Å². The Morgan fingerprint density at radius 3 is 2.56 bits per heavy atom. The summed E-state index contributed by atoms with van der Waals surface area (Å²) in [7, 11) is -3.82. The van der Waals surface area contributed by atoms with E-state index in [1.807, 2.05) is 6.92 Å². The SMILES string of the molecule is Cc1ccc(S(=O)(=O)Nc2ccccc2-c2nnn(CC(=O)Nc3cc(C)on3)n2)cc1. The third kappa shape index (κ3) is 4.81. The lowest BCUT2D eigenvalue weighted by molar-refractivity contribution is -0.117. The average molecular weight is 453 g/mol. The number of carbonyl (C=O) groups excluding carboxylic acids is 1.